The Balaban J connectivity index is 2.34. The monoisotopic (exact) mass is 227 g/mol. The Morgan fingerprint density at radius 2 is 2.33 bits per heavy atom. The molecular weight excluding hydrogens is 210 g/mol. The van der Waals surface area contributed by atoms with Crippen LogP contribution in [0.5, 0.6) is 0 Å². The van der Waals surface area contributed by atoms with E-state index in [-0.39, 0.29) is 11.8 Å². The van der Waals surface area contributed by atoms with Gasteiger partial charge in [-0.25, -0.2) is 0 Å². The number of carboxylic acids is 1. The van der Waals surface area contributed by atoms with Gasteiger partial charge in [0, 0.05) is 23.4 Å². The Morgan fingerprint density at radius 1 is 1.60 bits per heavy atom. The molecule has 15 heavy (non-hydrogen) atoms. The summed E-state index contributed by atoms with van der Waals surface area (Å²) in [5, 5.41) is 13.7. The predicted octanol–water partition coefficient (Wildman–Crippen LogP) is 2.09. The second-order valence-corrected chi connectivity index (χ2v) is 5.13. The Morgan fingerprint density at radius 3 is 2.87 bits per heavy atom. The summed E-state index contributed by atoms with van der Waals surface area (Å²) in [6, 6.07) is 4.16. The van der Waals surface area contributed by atoms with Crippen molar-refractivity contribution in [2.24, 2.45) is 0 Å². The van der Waals surface area contributed by atoms with Crippen LogP contribution in [-0.2, 0) is 10.2 Å². The fraction of sp³-hybridized carbons (Fsp3) is 0.545. The van der Waals surface area contributed by atoms with Crippen LogP contribution in [-0.4, -0.2) is 24.2 Å². The number of rotatable bonds is 6. The van der Waals surface area contributed by atoms with Crippen LogP contribution in [0.3, 0.4) is 0 Å². The highest BCUT2D eigenvalue weighted by Crippen LogP contribution is 2.26. The second kappa shape index (κ2) is 5.28. The van der Waals surface area contributed by atoms with Gasteiger partial charge in [0.25, 0.3) is 0 Å². The SMILES string of the molecule is CC(C)(CNCCC(=O)O)c1cccs1. The molecule has 0 aliphatic rings. The number of nitrogens with one attached hydrogen (secondary N) is 1. The standard InChI is InChI=1S/C11H17NO2S/c1-11(2,9-4-3-7-15-9)8-12-6-5-10(13)14/h3-4,7,12H,5-6,8H2,1-2H3,(H,13,14). The minimum Gasteiger partial charge on any atom is -0.481 e. The molecule has 0 saturated heterocycles. The molecule has 0 bridgehead atoms. The summed E-state index contributed by atoms with van der Waals surface area (Å²) in [4.78, 5) is 11.6. The van der Waals surface area contributed by atoms with Crippen LogP contribution in [0.1, 0.15) is 25.1 Å². The number of thiophene rings is 1. The quantitative estimate of drug-likeness (QED) is 0.732. The fourth-order valence-electron chi connectivity index (χ4n) is 1.35. The Hall–Kier alpha value is -0.870. The summed E-state index contributed by atoms with van der Waals surface area (Å²) < 4.78 is 0. The van der Waals surface area contributed by atoms with E-state index in [9.17, 15) is 4.79 Å². The summed E-state index contributed by atoms with van der Waals surface area (Å²) in [6.07, 6.45) is 0.181. The summed E-state index contributed by atoms with van der Waals surface area (Å²) in [5.41, 5.74) is 0.0761. The first kappa shape index (κ1) is 12.2. The van der Waals surface area contributed by atoms with E-state index in [0.717, 1.165) is 6.54 Å². The van der Waals surface area contributed by atoms with Crippen LogP contribution in [0.15, 0.2) is 17.5 Å². The Labute approximate surface area is 94.1 Å². The molecule has 0 amide bonds. The molecule has 0 radical (unpaired) electrons. The molecule has 0 spiro atoms. The van der Waals surface area contributed by atoms with Crippen LogP contribution in [0.2, 0.25) is 0 Å². The molecule has 3 nitrogen and oxygen atoms in total. The van der Waals surface area contributed by atoms with Gasteiger partial charge in [-0.15, -0.1) is 11.3 Å². The van der Waals surface area contributed by atoms with Gasteiger partial charge >= 0.3 is 5.97 Å². The van der Waals surface area contributed by atoms with Crippen molar-refractivity contribution < 1.29 is 9.90 Å². The maximum absolute atomic E-state index is 10.3. The first-order valence-corrected chi connectivity index (χ1v) is 5.87. The molecule has 2 N–H and O–H groups in total. The topological polar surface area (TPSA) is 49.3 Å². The maximum atomic E-state index is 10.3. The van der Waals surface area contributed by atoms with Crippen molar-refractivity contribution in [3.63, 3.8) is 0 Å². The molecule has 1 aromatic rings. The molecule has 0 aromatic carbocycles. The van der Waals surface area contributed by atoms with Crippen molar-refractivity contribution in [3.8, 4) is 0 Å². The number of hydrogen-bond acceptors (Lipinski definition) is 3. The average molecular weight is 227 g/mol. The second-order valence-electron chi connectivity index (χ2n) is 4.18. The predicted molar refractivity (Wildman–Crippen MR) is 62.5 cm³/mol. The van der Waals surface area contributed by atoms with Crippen molar-refractivity contribution in [3.05, 3.63) is 22.4 Å². The van der Waals surface area contributed by atoms with E-state index in [1.807, 2.05) is 6.07 Å². The largest absolute Gasteiger partial charge is 0.481 e. The molecule has 0 fully saturated rings. The molecule has 4 heteroatoms. The lowest BCUT2D eigenvalue weighted by Crippen LogP contribution is -2.33. The molecule has 1 rings (SSSR count). The minimum absolute atomic E-state index is 0.0761. The lowest BCUT2D eigenvalue weighted by Gasteiger charge is -2.23. The minimum atomic E-state index is -0.753. The van der Waals surface area contributed by atoms with E-state index in [0.29, 0.717) is 6.54 Å². The van der Waals surface area contributed by atoms with Crippen LogP contribution >= 0.6 is 11.3 Å². The first-order valence-electron chi connectivity index (χ1n) is 4.99. The van der Waals surface area contributed by atoms with Crippen LogP contribution in [0.25, 0.3) is 0 Å². The van der Waals surface area contributed by atoms with E-state index >= 15 is 0 Å². The first-order chi connectivity index (χ1) is 7.02. The lowest BCUT2D eigenvalue weighted by molar-refractivity contribution is -0.136. The van der Waals surface area contributed by atoms with Crippen molar-refractivity contribution in [2.75, 3.05) is 13.1 Å². The van der Waals surface area contributed by atoms with Gasteiger partial charge in [0.2, 0.25) is 0 Å². The van der Waals surface area contributed by atoms with Gasteiger partial charge in [-0.1, -0.05) is 19.9 Å². The maximum Gasteiger partial charge on any atom is 0.304 e. The van der Waals surface area contributed by atoms with Crippen molar-refractivity contribution >= 4 is 17.3 Å². The van der Waals surface area contributed by atoms with E-state index in [1.165, 1.54) is 4.88 Å². The Bertz CT molecular complexity index is 306. The van der Waals surface area contributed by atoms with Gasteiger partial charge in [-0.05, 0) is 11.4 Å². The number of hydrogen-bond donors (Lipinski definition) is 2. The number of carbonyl (C=O) groups is 1. The highest BCUT2D eigenvalue weighted by Gasteiger charge is 2.20. The van der Waals surface area contributed by atoms with E-state index in [2.05, 4.69) is 30.6 Å². The zero-order valence-corrected chi connectivity index (χ0v) is 9.93. The Kier molecular flexibility index (Phi) is 4.29. The molecule has 1 aromatic heterocycles. The van der Waals surface area contributed by atoms with Crippen LogP contribution in [0.4, 0.5) is 0 Å². The van der Waals surface area contributed by atoms with Crippen molar-refractivity contribution in [1.82, 2.24) is 5.32 Å². The van der Waals surface area contributed by atoms with E-state index in [1.54, 1.807) is 11.3 Å². The molecule has 0 aliphatic heterocycles. The average Bonchev–Trinajstić information content (AvgIpc) is 2.65. The summed E-state index contributed by atoms with van der Waals surface area (Å²) in [6.45, 7) is 5.66. The van der Waals surface area contributed by atoms with Crippen LogP contribution < -0.4 is 5.32 Å². The molecular formula is C11H17NO2S. The summed E-state index contributed by atoms with van der Waals surface area (Å²) in [7, 11) is 0. The third kappa shape index (κ3) is 4.01. The number of aliphatic carboxylic acids is 1. The van der Waals surface area contributed by atoms with Crippen LogP contribution in [0, 0.1) is 0 Å². The number of carboxylic acid groups (broad SMARTS) is 1. The van der Waals surface area contributed by atoms with Crippen molar-refractivity contribution in [1.29, 1.82) is 0 Å². The summed E-state index contributed by atoms with van der Waals surface area (Å²) >= 11 is 1.74. The van der Waals surface area contributed by atoms with Gasteiger partial charge < -0.3 is 10.4 Å². The fourth-order valence-corrected chi connectivity index (χ4v) is 2.20. The van der Waals surface area contributed by atoms with Gasteiger partial charge in [0.1, 0.15) is 0 Å². The molecule has 0 saturated carbocycles. The van der Waals surface area contributed by atoms with E-state index in [4.69, 9.17) is 5.11 Å². The van der Waals surface area contributed by atoms with Gasteiger partial charge in [0.15, 0.2) is 0 Å². The molecule has 84 valence electrons. The zero-order chi connectivity index (χ0) is 11.3. The third-order valence-corrected chi connectivity index (χ3v) is 3.51. The molecule has 0 unspecified atom stereocenters. The molecule has 1 heterocycles. The van der Waals surface area contributed by atoms with Gasteiger partial charge in [-0.3, -0.25) is 4.79 Å². The zero-order valence-electron chi connectivity index (χ0n) is 9.12. The normalized spacial score (nSPS) is 11.6. The molecule has 0 atom stereocenters. The summed E-state index contributed by atoms with van der Waals surface area (Å²) in [5.74, 6) is -0.753. The highest BCUT2D eigenvalue weighted by atomic mass is 32.1. The highest BCUT2D eigenvalue weighted by molar-refractivity contribution is 7.10. The van der Waals surface area contributed by atoms with Gasteiger partial charge in [-0.2, -0.15) is 0 Å². The smallest absolute Gasteiger partial charge is 0.304 e. The van der Waals surface area contributed by atoms with Gasteiger partial charge in [0.05, 0.1) is 6.42 Å². The van der Waals surface area contributed by atoms with Crippen molar-refractivity contribution in [2.45, 2.75) is 25.7 Å². The lowest BCUT2D eigenvalue weighted by atomic mass is 9.91. The third-order valence-electron chi connectivity index (χ3n) is 2.27. The molecule has 0 aliphatic carbocycles. The van der Waals surface area contributed by atoms with E-state index < -0.39 is 5.97 Å².